The Kier molecular flexibility index (Phi) is 7.16. The van der Waals surface area contributed by atoms with Crippen LogP contribution in [0.5, 0.6) is 0 Å². The Morgan fingerprint density at radius 3 is 2.75 bits per heavy atom. The fourth-order valence-corrected chi connectivity index (χ4v) is 4.06. The first-order chi connectivity index (χ1) is 11.3. The first-order valence-corrected chi connectivity index (χ1v) is 9.13. The van der Waals surface area contributed by atoms with E-state index in [1.807, 2.05) is 24.3 Å². The number of hydrogen-bond acceptors (Lipinski definition) is 3. The first-order valence-electron chi connectivity index (χ1n) is 8.08. The van der Waals surface area contributed by atoms with Crippen LogP contribution >= 0.6 is 24.2 Å². The molecular weight excluding hydrogens is 340 g/mol. The third kappa shape index (κ3) is 4.32. The summed E-state index contributed by atoms with van der Waals surface area (Å²) in [5.41, 5.74) is 4.48. The minimum Gasteiger partial charge on any atom is -0.325 e. The minimum atomic E-state index is -0.118. The molecule has 0 fully saturated rings. The second-order valence-electron chi connectivity index (χ2n) is 5.63. The maximum Gasteiger partial charge on any atom is 0.242 e. The van der Waals surface area contributed by atoms with Crippen molar-refractivity contribution in [1.29, 1.82) is 0 Å². The number of para-hydroxylation sites is 1. The third-order valence-electron chi connectivity index (χ3n) is 4.07. The van der Waals surface area contributed by atoms with Crippen LogP contribution in [0.25, 0.3) is 0 Å². The molecule has 3 nitrogen and oxygen atoms in total. The fraction of sp³-hybridized carbons (Fsp3) is 0.316. The van der Waals surface area contributed by atoms with Gasteiger partial charge in [-0.05, 0) is 41.5 Å². The highest BCUT2D eigenvalue weighted by atomic mass is 35.5. The number of amides is 1. The summed E-state index contributed by atoms with van der Waals surface area (Å²) in [6, 6.07) is 16.3. The average molecular weight is 363 g/mol. The predicted molar refractivity (Wildman–Crippen MR) is 105 cm³/mol. The summed E-state index contributed by atoms with van der Waals surface area (Å²) in [4.78, 5) is 12.8. The smallest absolute Gasteiger partial charge is 0.242 e. The molecule has 1 unspecified atom stereocenters. The summed E-state index contributed by atoms with van der Waals surface area (Å²) in [6.07, 6.45) is 1.04. The van der Waals surface area contributed by atoms with E-state index in [-0.39, 0.29) is 23.6 Å². The second-order valence-corrected chi connectivity index (χ2v) is 6.84. The van der Waals surface area contributed by atoms with Gasteiger partial charge in [0, 0.05) is 12.2 Å². The first kappa shape index (κ1) is 18.8. The molecule has 1 amide bonds. The largest absolute Gasteiger partial charge is 0.325 e. The minimum absolute atomic E-state index is 0. The molecule has 1 aliphatic heterocycles. The number of rotatable bonds is 5. The number of aryl methyl sites for hydroxylation is 1. The molecule has 3 rings (SSSR count). The molecule has 0 saturated carbocycles. The molecule has 2 aromatic rings. The van der Waals surface area contributed by atoms with E-state index in [1.165, 1.54) is 5.56 Å². The van der Waals surface area contributed by atoms with Gasteiger partial charge in [0.25, 0.3) is 0 Å². The maximum absolute atomic E-state index is 12.8. The average Bonchev–Trinajstić information content (AvgIpc) is 2.60. The van der Waals surface area contributed by atoms with Crippen LogP contribution in [-0.2, 0) is 17.8 Å². The van der Waals surface area contributed by atoms with Crippen molar-refractivity contribution in [2.24, 2.45) is 0 Å². The van der Waals surface area contributed by atoms with Crippen LogP contribution < -0.4 is 10.6 Å². The summed E-state index contributed by atoms with van der Waals surface area (Å²) in [6.45, 7) is 3.76. The number of benzene rings is 2. The van der Waals surface area contributed by atoms with Gasteiger partial charge in [0.2, 0.25) is 5.91 Å². The quantitative estimate of drug-likeness (QED) is 0.838. The van der Waals surface area contributed by atoms with Crippen molar-refractivity contribution in [3.63, 3.8) is 0 Å². The Morgan fingerprint density at radius 2 is 1.92 bits per heavy atom. The molecule has 5 heteroatoms. The van der Waals surface area contributed by atoms with Crippen LogP contribution in [0.1, 0.15) is 28.9 Å². The standard InChI is InChI=1S/C19H22N2OS.ClH/c1-2-20-13-15-8-4-6-10-17(15)21-19(22)18-16-9-5-3-7-14(16)11-12-23-18;/h3-10,18,20H,2,11-13H2,1H3,(H,21,22);1H. The number of fused-ring (bicyclic) bond motifs is 1. The zero-order valence-corrected chi connectivity index (χ0v) is 15.4. The molecule has 1 heterocycles. The van der Waals surface area contributed by atoms with Gasteiger partial charge < -0.3 is 10.6 Å². The van der Waals surface area contributed by atoms with Crippen molar-refractivity contribution >= 4 is 35.8 Å². The van der Waals surface area contributed by atoms with E-state index in [4.69, 9.17) is 0 Å². The number of halogens is 1. The highest BCUT2D eigenvalue weighted by Gasteiger charge is 2.27. The monoisotopic (exact) mass is 362 g/mol. The molecular formula is C19H23ClN2OS. The number of hydrogen-bond donors (Lipinski definition) is 2. The van der Waals surface area contributed by atoms with Crippen molar-refractivity contribution in [2.75, 3.05) is 17.6 Å². The molecule has 1 aliphatic rings. The molecule has 1 atom stereocenters. The number of thioether (sulfide) groups is 1. The van der Waals surface area contributed by atoms with Gasteiger partial charge in [-0.25, -0.2) is 0 Å². The van der Waals surface area contributed by atoms with Gasteiger partial charge in [-0.15, -0.1) is 24.2 Å². The summed E-state index contributed by atoms with van der Waals surface area (Å²) < 4.78 is 0. The number of carbonyl (C=O) groups excluding carboxylic acids is 1. The number of anilines is 1. The molecule has 2 aromatic carbocycles. The van der Waals surface area contributed by atoms with E-state index in [0.29, 0.717) is 0 Å². The van der Waals surface area contributed by atoms with Gasteiger partial charge in [0.1, 0.15) is 5.25 Å². The van der Waals surface area contributed by atoms with Crippen molar-refractivity contribution in [3.8, 4) is 0 Å². The van der Waals surface area contributed by atoms with Crippen molar-refractivity contribution in [3.05, 3.63) is 65.2 Å². The summed E-state index contributed by atoms with van der Waals surface area (Å²) in [5, 5.41) is 6.33. The van der Waals surface area contributed by atoms with Crippen molar-refractivity contribution < 1.29 is 4.79 Å². The lowest BCUT2D eigenvalue weighted by Gasteiger charge is -2.24. The van der Waals surface area contributed by atoms with E-state index in [0.717, 1.165) is 42.1 Å². The van der Waals surface area contributed by atoms with Crippen molar-refractivity contribution in [1.82, 2.24) is 5.32 Å². The van der Waals surface area contributed by atoms with Crippen LogP contribution in [0.15, 0.2) is 48.5 Å². The SMILES string of the molecule is CCNCc1ccccc1NC(=O)C1SCCc2ccccc21.Cl. The van der Waals surface area contributed by atoms with Gasteiger partial charge in [-0.1, -0.05) is 49.4 Å². The van der Waals surface area contributed by atoms with E-state index < -0.39 is 0 Å². The molecule has 0 bridgehead atoms. The summed E-state index contributed by atoms with van der Waals surface area (Å²) in [5.74, 6) is 1.07. The maximum atomic E-state index is 12.8. The number of nitrogens with one attached hydrogen (secondary N) is 2. The van der Waals surface area contributed by atoms with Crippen molar-refractivity contribution in [2.45, 2.75) is 25.1 Å². The van der Waals surface area contributed by atoms with Gasteiger partial charge in [0.15, 0.2) is 0 Å². The zero-order valence-electron chi connectivity index (χ0n) is 13.7. The van der Waals surface area contributed by atoms with Gasteiger partial charge in [-0.3, -0.25) is 4.79 Å². The van der Waals surface area contributed by atoms with Crippen LogP contribution in [0.4, 0.5) is 5.69 Å². The van der Waals surface area contributed by atoms with Gasteiger partial charge >= 0.3 is 0 Å². The molecule has 24 heavy (non-hydrogen) atoms. The molecule has 0 spiro atoms. The zero-order chi connectivity index (χ0) is 16.1. The molecule has 0 aromatic heterocycles. The Hall–Kier alpha value is -1.49. The van der Waals surface area contributed by atoms with Gasteiger partial charge in [-0.2, -0.15) is 0 Å². The van der Waals surface area contributed by atoms with E-state index in [9.17, 15) is 4.79 Å². The highest BCUT2D eigenvalue weighted by molar-refractivity contribution is 8.00. The Bertz CT molecular complexity index is 693. The lowest BCUT2D eigenvalue weighted by molar-refractivity contribution is -0.115. The molecule has 2 N–H and O–H groups in total. The van der Waals surface area contributed by atoms with Crippen LogP contribution in [0.2, 0.25) is 0 Å². The third-order valence-corrected chi connectivity index (χ3v) is 5.31. The fourth-order valence-electron chi connectivity index (χ4n) is 2.87. The lowest BCUT2D eigenvalue weighted by Crippen LogP contribution is -2.24. The molecule has 128 valence electrons. The Morgan fingerprint density at radius 1 is 1.17 bits per heavy atom. The predicted octanol–water partition coefficient (Wildman–Crippen LogP) is 4.19. The van der Waals surface area contributed by atoms with Crippen LogP contribution in [0, 0.1) is 0 Å². The van der Waals surface area contributed by atoms with E-state index in [1.54, 1.807) is 11.8 Å². The van der Waals surface area contributed by atoms with Crippen LogP contribution in [0.3, 0.4) is 0 Å². The number of carbonyl (C=O) groups is 1. The van der Waals surface area contributed by atoms with E-state index in [2.05, 4.69) is 41.8 Å². The summed E-state index contributed by atoms with van der Waals surface area (Å²) >= 11 is 1.73. The Labute approximate surface area is 154 Å². The second kappa shape index (κ2) is 9.11. The van der Waals surface area contributed by atoms with Gasteiger partial charge in [0.05, 0.1) is 0 Å². The molecule has 0 radical (unpaired) electrons. The molecule has 0 saturated heterocycles. The van der Waals surface area contributed by atoms with E-state index >= 15 is 0 Å². The summed E-state index contributed by atoms with van der Waals surface area (Å²) in [7, 11) is 0. The Balaban J connectivity index is 0.00000208. The lowest BCUT2D eigenvalue weighted by atomic mass is 10.0. The van der Waals surface area contributed by atoms with Crippen LogP contribution in [-0.4, -0.2) is 18.2 Å². The topological polar surface area (TPSA) is 41.1 Å². The highest BCUT2D eigenvalue weighted by Crippen LogP contribution is 2.37. The molecule has 0 aliphatic carbocycles. The normalized spacial score (nSPS) is 16.0.